The molecule has 7 heteroatoms. The number of hydrogen-bond acceptors (Lipinski definition) is 5. The summed E-state index contributed by atoms with van der Waals surface area (Å²) in [6.45, 7) is 6.82. The number of nitrogens with one attached hydrogen (secondary N) is 2. The second-order valence-electron chi connectivity index (χ2n) is 6.49. The zero-order valence-corrected chi connectivity index (χ0v) is 15.3. The number of pyridine rings is 1. The Morgan fingerprint density at radius 3 is 2.72 bits per heavy atom. The first-order chi connectivity index (χ1) is 12.0. The predicted molar refractivity (Wildman–Crippen MR) is 97.8 cm³/mol. The Labute approximate surface area is 150 Å². The Bertz CT molecular complexity index is 762. The summed E-state index contributed by atoms with van der Waals surface area (Å²) in [5, 5.41) is 6.70. The van der Waals surface area contributed by atoms with Gasteiger partial charge in [0.25, 0.3) is 11.5 Å². The van der Waals surface area contributed by atoms with Gasteiger partial charge in [-0.3, -0.25) is 14.5 Å². The Balaban J connectivity index is 1.62. The van der Waals surface area contributed by atoms with E-state index in [1.54, 1.807) is 17.4 Å². The molecule has 3 heterocycles. The molecule has 0 bridgehead atoms. The van der Waals surface area contributed by atoms with E-state index in [1.165, 1.54) is 0 Å². The summed E-state index contributed by atoms with van der Waals surface area (Å²) < 4.78 is 5.72. The van der Waals surface area contributed by atoms with Gasteiger partial charge < -0.3 is 15.0 Å². The molecule has 1 saturated heterocycles. The van der Waals surface area contributed by atoms with Gasteiger partial charge in [-0.05, 0) is 48.4 Å². The molecule has 1 aliphatic rings. The van der Waals surface area contributed by atoms with Crippen LogP contribution in [0.2, 0.25) is 0 Å². The summed E-state index contributed by atoms with van der Waals surface area (Å²) in [5.41, 5.74) is 1.63. The number of rotatable bonds is 5. The van der Waals surface area contributed by atoms with Crippen molar-refractivity contribution in [3.8, 4) is 0 Å². The van der Waals surface area contributed by atoms with Gasteiger partial charge in [-0.2, -0.15) is 11.3 Å². The van der Waals surface area contributed by atoms with Crippen molar-refractivity contribution in [3.63, 3.8) is 0 Å². The summed E-state index contributed by atoms with van der Waals surface area (Å²) in [6.07, 6.45) is 0.357. The van der Waals surface area contributed by atoms with Crippen LogP contribution >= 0.6 is 11.3 Å². The second kappa shape index (κ2) is 7.95. The van der Waals surface area contributed by atoms with Crippen molar-refractivity contribution in [2.75, 3.05) is 13.1 Å². The average molecular weight is 361 g/mol. The fourth-order valence-corrected chi connectivity index (χ4v) is 3.78. The van der Waals surface area contributed by atoms with Gasteiger partial charge in [-0.25, -0.2) is 0 Å². The molecular weight excluding hydrogens is 338 g/mol. The third-order valence-corrected chi connectivity index (χ3v) is 4.87. The minimum absolute atomic E-state index is 0.141. The lowest BCUT2D eigenvalue weighted by Gasteiger charge is -2.35. The normalized spacial score (nSPS) is 21.2. The maximum absolute atomic E-state index is 12.3. The quantitative estimate of drug-likeness (QED) is 0.854. The fraction of sp³-hybridized carbons (Fsp3) is 0.444. The minimum atomic E-state index is -0.354. The smallest absolute Gasteiger partial charge is 0.261 e. The van der Waals surface area contributed by atoms with Gasteiger partial charge in [-0.15, -0.1) is 0 Å². The van der Waals surface area contributed by atoms with Crippen molar-refractivity contribution in [1.29, 1.82) is 0 Å². The van der Waals surface area contributed by atoms with Gasteiger partial charge in [0.05, 0.1) is 12.2 Å². The number of H-pyrrole nitrogens is 1. The van der Waals surface area contributed by atoms with Crippen molar-refractivity contribution in [3.05, 3.63) is 56.1 Å². The van der Waals surface area contributed by atoms with Crippen LogP contribution < -0.4 is 10.9 Å². The van der Waals surface area contributed by atoms with Crippen molar-refractivity contribution in [1.82, 2.24) is 15.2 Å². The van der Waals surface area contributed by atoms with Gasteiger partial charge in [0.2, 0.25) is 0 Å². The van der Waals surface area contributed by atoms with Crippen LogP contribution in [-0.2, 0) is 17.8 Å². The zero-order chi connectivity index (χ0) is 17.8. The highest BCUT2D eigenvalue weighted by Gasteiger charge is 2.22. The lowest BCUT2D eigenvalue weighted by molar-refractivity contribution is -0.0707. The Morgan fingerprint density at radius 2 is 2.08 bits per heavy atom. The molecule has 0 aromatic carbocycles. The van der Waals surface area contributed by atoms with E-state index >= 15 is 0 Å². The molecule has 134 valence electrons. The average Bonchev–Trinajstić information content (AvgIpc) is 3.05. The van der Waals surface area contributed by atoms with Crippen molar-refractivity contribution >= 4 is 17.2 Å². The first kappa shape index (κ1) is 17.8. The monoisotopic (exact) mass is 361 g/mol. The van der Waals surface area contributed by atoms with Crippen molar-refractivity contribution < 1.29 is 9.53 Å². The molecule has 2 aromatic heterocycles. The molecule has 0 unspecified atom stereocenters. The van der Waals surface area contributed by atoms with Crippen LogP contribution in [-0.4, -0.2) is 41.1 Å². The Kier molecular flexibility index (Phi) is 5.67. The zero-order valence-electron chi connectivity index (χ0n) is 14.5. The molecule has 0 spiro atoms. The van der Waals surface area contributed by atoms with E-state index < -0.39 is 0 Å². The third kappa shape index (κ3) is 4.78. The van der Waals surface area contributed by atoms with Crippen LogP contribution in [0.1, 0.15) is 35.5 Å². The lowest BCUT2D eigenvalue weighted by atomic mass is 10.2. The third-order valence-electron chi connectivity index (χ3n) is 4.14. The van der Waals surface area contributed by atoms with Gasteiger partial charge in [0.1, 0.15) is 5.56 Å². The largest absolute Gasteiger partial charge is 0.373 e. The molecule has 2 aromatic rings. The summed E-state index contributed by atoms with van der Waals surface area (Å²) in [7, 11) is 0. The topological polar surface area (TPSA) is 74.4 Å². The number of morpholine rings is 1. The summed E-state index contributed by atoms with van der Waals surface area (Å²) in [6, 6.07) is 5.36. The van der Waals surface area contributed by atoms with Crippen molar-refractivity contribution in [2.45, 2.75) is 39.1 Å². The second-order valence-corrected chi connectivity index (χ2v) is 7.27. The fourth-order valence-electron chi connectivity index (χ4n) is 3.11. The molecule has 0 aliphatic carbocycles. The Morgan fingerprint density at radius 1 is 1.32 bits per heavy atom. The summed E-state index contributed by atoms with van der Waals surface area (Å²) >= 11 is 1.58. The molecule has 6 nitrogen and oxygen atoms in total. The van der Waals surface area contributed by atoms with Crippen LogP contribution in [0.15, 0.2) is 33.8 Å². The number of carbonyl (C=O) groups is 1. The highest BCUT2D eigenvalue weighted by atomic mass is 32.1. The number of thiophene rings is 1. The molecule has 0 radical (unpaired) electrons. The standard InChI is InChI=1S/C18H23N3O3S/c1-12-8-21(9-13(2)24-12)10-15-3-4-16(18(23)20-15)17(22)19-7-14-5-6-25-11-14/h3-6,11-13H,7-10H2,1-2H3,(H,19,22)(H,20,23)/t12-,13+. The van der Waals surface area contributed by atoms with Crippen LogP contribution in [0.25, 0.3) is 0 Å². The number of ether oxygens (including phenoxy) is 1. The molecular formula is C18H23N3O3S. The van der Waals surface area contributed by atoms with E-state index in [0.717, 1.165) is 24.3 Å². The van der Waals surface area contributed by atoms with E-state index in [-0.39, 0.29) is 29.2 Å². The van der Waals surface area contributed by atoms with Crippen LogP contribution in [0, 0.1) is 0 Å². The molecule has 1 fully saturated rings. The highest BCUT2D eigenvalue weighted by Crippen LogP contribution is 2.13. The molecule has 2 atom stereocenters. The van der Waals surface area contributed by atoms with E-state index in [4.69, 9.17) is 4.74 Å². The van der Waals surface area contributed by atoms with Crippen LogP contribution in [0.5, 0.6) is 0 Å². The Hall–Kier alpha value is -1.96. The molecule has 3 rings (SSSR count). The molecule has 0 saturated carbocycles. The van der Waals surface area contributed by atoms with Gasteiger partial charge in [0.15, 0.2) is 0 Å². The summed E-state index contributed by atoms with van der Waals surface area (Å²) in [4.78, 5) is 29.5. The lowest BCUT2D eigenvalue weighted by Crippen LogP contribution is -2.45. The summed E-state index contributed by atoms with van der Waals surface area (Å²) in [5.74, 6) is -0.354. The first-order valence-electron chi connectivity index (χ1n) is 8.40. The predicted octanol–water partition coefficient (Wildman–Crippen LogP) is 1.98. The molecule has 1 amide bonds. The van der Waals surface area contributed by atoms with Crippen molar-refractivity contribution in [2.24, 2.45) is 0 Å². The van der Waals surface area contributed by atoms with E-state index in [2.05, 4.69) is 15.2 Å². The number of aromatic nitrogens is 1. The number of carbonyl (C=O) groups excluding carboxylic acids is 1. The SMILES string of the molecule is C[C@@H]1CN(Cc2ccc(C(=O)NCc3ccsc3)c(=O)[nH]2)C[C@H](C)O1. The first-order valence-corrected chi connectivity index (χ1v) is 9.35. The molecule has 2 N–H and O–H groups in total. The van der Waals surface area contributed by atoms with Gasteiger partial charge >= 0.3 is 0 Å². The number of hydrogen-bond donors (Lipinski definition) is 2. The maximum atomic E-state index is 12.3. The molecule has 25 heavy (non-hydrogen) atoms. The maximum Gasteiger partial charge on any atom is 0.261 e. The minimum Gasteiger partial charge on any atom is -0.373 e. The van der Waals surface area contributed by atoms with E-state index in [1.807, 2.05) is 36.7 Å². The number of aromatic amines is 1. The van der Waals surface area contributed by atoms with Crippen LogP contribution in [0.3, 0.4) is 0 Å². The van der Waals surface area contributed by atoms with Crippen LogP contribution in [0.4, 0.5) is 0 Å². The van der Waals surface area contributed by atoms with E-state index in [0.29, 0.717) is 13.1 Å². The van der Waals surface area contributed by atoms with Gasteiger partial charge in [0, 0.05) is 31.9 Å². The van der Waals surface area contributed by atoms with E-state index in [9.17, 15) is 9.59 Å². The number of amides is 1. The highest BCUT2D eigenvalue weighted by molar-refractivity contribution is 7.07. The molecule has 1 aliphatic heterocycles. The number of nitrogens with zero attached hydrogens (tertiary/aromatic N) is 1. The van der Waals surface area contributed by atoms with Gasteiger partial charge in [-0.1, -0.05) is 0 Å².